The molecule has 0 aromatic rings. The highest BCUT2D eigenvalue weighted by Crippen LogP contribution is 2.09. The summed E-state index contributed by atoms with van der Waals surface area (Å²) >= 11 is 0. The van der Waals surface area contributed by atoms with Crippen molar-refractivity contribution in [2.24, 2.45) is 0 Å². The molecule has 0 bridgehead atoms. The fourth-order valence-corrected chi connectivity index (χ4v) is 0.988. The lowest BCUT2D eigenvalue weighted by Gasteiger charge is -2.23. The highest BCUT2D eigenvalue weighted by molar-refractivity contribution is 5.85. The third-order valence-electron chi connectivity index (χ3n) is 1.45. The number of esters is 1. The first-order valence-corrected chi connectivity index (χ1v) is 4.81. The van der Waals surface area contributed by atoms with Gasteiger partial charge < -0.3 is 20.0 Å². The van der Waals surface area contributed by atoms with Crippen LogP contribution < -0.4 is 10.4 Å². The molecular weight excluding hydrogens is 214 g/mol. The predicted octanol–water partition coefficient (Wildman–Crippen LogP) is -1.03. The molecule has 1 atom stereocenters. The normalized spacial score (nSPS) is 12.8. The van der Waals surface area contributed by atoms with E-state index in [1.807, 2.05) is 0 Å². The van der Waals surface area contributed by atoms with Crippen molar-refractivity contribution < 1.29 is 24.2 Å². The third kappa shape index (κ3) is 6.80. The van der Waals surface area contributed by atoms with Gasteiger partial charge in [-0.15, -0.1) is 0 Å². The number of carbonyl (C=O) groups excluding carboxylic acids is 3. The maximum Gasteiger partial charge on any atom is 0.308 e. The van der Waals surface area contributed by atoms with E-state index in [0.717, 1.165) is 6.92 Å². The molecule has 6 nitrogen and oxygen atoms in total. The Bertz CT molecular complexity index is 292. The fraction of sp³-hybridized carbons (Fsp3) is 0.700. The van der Waals surface area contributed by atoms with Crippen LogP contribution in [0.25, 0.3) is 0 Å². The minimum atomic E-state index is -1.51. The lowest BCUT2D eigenvalue weighted by Crippen LogP contribution is -2.48. The zero-order chi connectivity index (χ0) is 12.9. The van der Waals surface area contributed by atoms with E-state index < -0.39 is 35.9 Å². The Morgan fingerprint density at radius 3 is 2.12 bits per heavy atom. The van der Waals surface area contributed by atoms with Crippen molar-refractivity contribution in [1.82, 2.24) is 5.32 Å². The van der Waals surface area contributed by atoms with Gasteiger partial charge in [0, 0.05) is 6.92 Å². The van der Waals surface area contributed by atoms with Crippen molar-refractivity contribution in [2.75, 3.05) is 0 Å². The summed E-state index contributed by atoms with van der Waals surface area (Å²) in [6.07, 6.45) is -0.445. The molecule has 1 amide bonds. The van der Waals surface area contributed by atoms with Gasteiger partial charge in [0.15, 0.2) is 0 Å². The lowest BCUT2D eigenvalue weighted by molar-refractivity contribution is -0.308. The number of ether oxygens (including phenoxy) is 1. The van der Waals surface area contributed by atoms with Crippen LogP contribution in [0.2, 0.25) is 0 Å². The first-order chi connectivity index (χ1) is 7.11. The van der Waals surface area contributed by atoms with Crippen LogP contribution in [-0.4, -0.2) is 29.5 Å². The highest BCUT2D eigenvalue weighted by Gasteiger charge is 2.21. The van der Waals surface area contributed by atoms with E-state index in [0.29, 0.717) is 0 Å². The topological polar surface area (TPSA) is 95.5 Å². The van der Waals surface area contributed by atoms with Crippen molar-refractivity contribution in [3.05, 3.63) is 0 Å². The molecule has 0 aliphatic carbocycles. The van der Waals surface area contributed by atoms with Crippen molar-refractivity contribution in [1.29, 1.82) is 0 Å². The van der Waals surface area contributed by atoms with Gasteiger partial charge in [-0.3, -0.25) is 9.59 Å². The number of rotatable bonds is 4. The number of amides is 1. The largest absolute Gasteiger partial charge is 0.548 e. The number of nitrogens with one attached hydrogen (secondary N) is 1. The minimum absolute atomic E-state index is 0.445. The Hall–Kier alpha value is -1.59. The average Bonchev–Trinajstić information content (AvgIpc) is 1.97. The van der Waals surface area contributed by atoms with Crippen molar-refractivity contribution in [2.45, 2.75) is 45.8 Å². The van der Waals surface area contributed by atoms with Crippen LogP contribution >= 0.6 is 0 Å². The molecule has 0 aliphatic rings. The quantitative estimate of drug-likeness (QED) is 0.623. The molecule has 0 heterocycles. The standard InChI is InChI=1S/C10H17NO5/c1-6(12)11-7(9(14)15)5-8(13)16-10(2,3)4/h7H,5H2,1-4H3,(H,11,12)(H,14,15)/p-1/t7-/m0/s1. The summed E-state index contributed by atoms with van der Waals surface area (Å²) in [5.74, 6) is -2.76. The van der Waals surface area contributed by atoms with Gasteiger partial charge in [-0.25, -0.2) is 0 Å². The monoisotopic (exact) mass is 230 g/mol. The first kappa shape index (κ1) is 14.4. The van der Waals surface area contributed by atoms with Crippen LogP contribution in [0, 0.1) is 0 Å². The number of carboxylic acids is 1. The van der Waals surface area contributed by atoms with Gasteiger partial charge >= 0.3 is 5.97 Å². The molecule has 0 aromatic carbocycles. The highest BCUT2D eigenvalue weighted by atomic mass is 16.6. The van der Waals surface area contributed by atoms with E-state index in [4.69, 9.17) is 4.74 Å². The number of aliphatic carboxylic acids is 1. The molecule has 92 valence electrons. The predicted molar refractivity (Wildman–Crippen MR) is 53.1 cm³/mol. The number of carbonyl (C=O) groups is 3. The third-order valence-corrected chi connectivity index (χ3v) is 1.45. The Morgan fingerprint density at radius 1 is 1.31 bits per heavy atom. The fourth-order valence-electron chi connectivity index (χ4n) is 0.988. The van der Waals surface area contributed by atoms with Crippen molar-refractivity contribution >= 4 is 17.8 Å². The number of hydrogen-bond donors (Lipinski definition) is 1. The van der Waals surface area contributed by atoms with Crippen LogP contribution in [0.3, 0.4) is 0 Å². The Morgan fingerprint density at radius 2 is 1.81 bits per heavy atom. The van der Waals surface area contributed by atoms with Crippen LogP contribution in [0.15, 0.2) is 0 Å². The summed E-state index contributed by atoms with van der Waals surface area (Å²) in [7, 11) is 0. The van der Waals surface area contributed by atoms with E-state index in [1.54, 1.807) is 20.8 Å². The second-order valence-electron chi connectivity index (χ2n) is 4.36. The van der Waals surface area contributed by atoms with Gasteiger partial charge in [0.1, 0.15) is 5.60 Å². The van der Waals surface area contributed by atoms with E-state index in [2.05, 4.69) is 5.32 Å². The van der Waals surface area contributed by atoms with Crippen LogP contribution in [0.4, 0.5) is 0 Å². The van der Waals surface area contributed by atoms with Gasteiger partial charge in [0.25, 0.3) is 0 Å². The second kappa shape index (κ2) is 5.48. The lowest BCUT2D eigenvalue weighted by atomic mass is 10.1. The molecule has 0 unspecified atom stereocenters. The maximum atomic E-state index is 11.3. The molecule has 16 heavy (non-hydrogen) atoms. The van der Waals surface area contributed by atoms with Crippen LogP contribution in [0.5, 0.6) is 0 Å². The van der Waals surface area contributed by atoms with Gasteiger partial charge in [-0.1, -0.05) is 0 Å². The van der Waals surface area contributed by atoms with Gasteiger partial charge in [0.2, 0.25) is 5.91 Å². The minimum Gasteiger partial charge on any atom is -0.548 e. The Kier molecular flexibility index (Phi) is 4.94. The van der Waals surface area contributed by atoms with Gasteiger partial charge in [-0.2, -0.15) is 0 Å². The van der Waals surface area contributed by atoms with Crippen molar-refractivity contribution in [3.63, 3.8) is 0 Å². The molecule has 1 N–H and O–H groups in total. The summed E-state index contributed by atoms with van der Waals surface area (Å²) in [5.41, 5.74) is -0.691. The molecule has 0 saturated carbocycles. The average molecular weight is 230 g/mol. The second-order valence-corrected chi connectivity index (χ2v) is 4.36. The van der Waals surface area contributed by atoms with Crippen LogP contribution in [0.1, 0.15) is 34.1 Å². The molecule has 0 rings (SSSR count). The SMILES string of the molecule is CC(=O)N[C@@H](CC(=O)OC(C)(C)C)C(=O)[O-]. The smallest absolute Gasteiger partial charge is 0.308 e. The van der Waals surface area contributed by atoms with E-state index >= 15 is 0 Å². The maximum absolute atomic E-state index is 11.3. The van der Waals surface area contributed by atoms with E-state index in [9.17, 15) is 19.5 Å². The Labute approximate surface area is 94.0 Å². The molecule has 0 aliphatic heterocycles. The summed E-state index contributed by atoms with van der Waals surface area (Å²) < 4.78 is 4.92. The summed E-state index contributed by atoms with van der Waals surface area (Å²) in [4.78, 5) is 32.6. The summed E-state index contributed by atoms with van der Waals surface area (Å²) in [6, 6.07) is -1.35. The first-order valence-electron chi connectivity index (χ1n) is 4.81. The summed E-state index contributed by atoms with van der Waals surface area (Å²) in [6.45, 7) is 6.15. The zero-order valence-corrected chi connectivity index (χ0v) is 9.83. The van der Waals surface area contributed by atoms with Crippen molar-refractivity contribution in [3.8, 4) is 0 Å². The van der Waals surface area contributed by atoms with E-state index in [-0.39, 0.29) is 0 Å². The molecular formula is C10H16NO5-. The van der Waals surface area contributed by atoms with Crippen LogP contribution in [-0.2, 0) is 19.1 Å². The summed E-state index contributed by atoms with van der Waals surface area (Å²) in [5, 5.41) is 12.7. The van der Waals surface area contributed by atoms with Gasteiger partial charge in [0.05, 0.1) is 18.4 Å². The molecule has 0 radical (unpaired) electrons. The number of hydrogen-bond acceptors (Lipinski definition) is 5. The van der Waals surface area contributed by atoms with Gasteiger partial charge in [-0.05, 0) is 20.8 Å². The molecule has 0 fully saturated rings. The zero-order valence-electron chi connectivity index (χ0n) is 9.83. The molecule has 0 aromatic heterocycles. The molecule has 6 heteroatoms. The molecule has 0 saturated heterocycles. The van der Waals surface area contributed by atoms with E-state index in [1.165, 1.54) is 0 Å². The molecule has 0 spiro atoms. The Balaban J connectivity index is 4.35. The number of carboxylic acid groups (broad SMARTS) is 1.